The smallest absolute Gasteiger partial charge is 0.343 e. The van der Waals surface area contributed by atoms with Gasteiger partial charge in [0.2, 0.25) is 0 Å². The summed E-state index contributed by atoms with van der Waals surface area (Å²) in [6.45, 7) is 13.3. The van der Waals surface area contributed by atoms with Crippen LogP contribution in [-0.2, 0) is 38.1 Å². The van der Waals surface area contributed by atoms with Gasteiger partial charge in [-0.15, -0.1) is 0 Å². The van der Waals surface area contributed by atoms with E-state index in [0.29, 0.717) is 34.7 Å². The number of benzene rings is 4. The summed E-state index contributed by atoms with van der Waals surface area (Å²) in [5.41, 5.74) is 5.39. The van der Waals surface area contributed by atoms with Crippen LogP contribution in [0.1, 0.15) is 58.0 Å². The Kier molecular flexibility index (Phi) is 17.6. The quantitative estimate of drug-likeness (QED) is 0.0288. The van der Waals surface area contributed by atoms with Crippen LogP contribution in [0.3, 0.4) is 0 Å². The van der Waals surface area contributed by atoms with E-state index in [1.165, 1.54) is 5.56 Å². The number of carbonyl (C=O) groups excluding carboxylic acids is 6. The van der Waals surface area contributed by atoms with Gasteiger partial charge >= 0.3 is 29.8 Å². The van der Waals surface area contributed by atoms with Crippen molar-refractivity contribution in [2.75, 3.05) is 33.5 Å². The van der Waals surface area contributed by atoms with Gasteiger partial charge in [0.25, 0.3) is 0 Å². The number of carbonyl (C=O) groups is 6. The molecule has 14 heteroatoms. The molecule has 4 aromatic carbocycles. The Labute approximate surface area is 353 Å². The molecule has 0 saturated carbocycles. The molecule has 0 aliphatic heterocycles. The molecule has 0 heterocycles. The summed E-state index contributed by atoms with van der Waals surface area (Å²) in [7, 11) is 1.65. The minimum atomic E-state index is -0.792. The molecule has 0 saturated heterocycles. The maximum absolute atomic E-state index is 12.8. The summed E-state index contributed by atoms with van der Waals surface area (Å²) in [4.78, 5) is 68.7. The van der Waals surface area contributed by atoms with Crippen molar-refractivity contribution in [3.63, 3.8) is 0 Å². The molecule has 4 aromatic rings. The number of hydrogen-bond acceptors (Lipinski definition) is 14. The lowest BCUT2D eigenvalue weighted by Gasteiger charge is -2.18. The lowest BCUT2D eigenvalue weighted by molar-refractivity contribution is -0.158. The molecular weight excluding hydrogens is 789 g/mol. The largest absolute Gasteiger partial charge is 0.497 e. The molecule has 14 nitrogen and oxygen atoms in total. The molecule has 0 aromatic heterocycles. The monoisotopic (exact) mass is 834 g/mol. The Bertz CT molecular complexity index is 2210. The second kappa shape index (κ2) is 23.2. The van der Waals surface area contributed by atoms with Crippen LogP contribution in [-0.4, -0.2) is 81.9 Å². The van der Waals surface area contributed by atoms with E-state index in [4.69, 9.17) is 37.9 Å². The minimum absolute atomic E-state index is 0.0234. The molecule has 3 atom stereocenters. The van der Waals surface area contributed by atoms with E-state index in [-0.39, 0.29) is 38.8 Å². The van der Waals surface area contributed by atoms with Gasteiger partial charge in [-0.1, -0.05) is 45.7 Å². The molecule has 61 heavy (non-hydrogen) atoms. The van der Waals surface area contributed by atoms with Gasteiger partial charge < -0.3 is 37.9 Å². The zero-order valence-corrected chi connectivity index (χ0v) is 34.0. The van der Waals surface area contributed by atoms with Gasteiger partial charge in [0.1, 0.15) is 55.7 Å². The van der Waals surface area contributed by atoms with Crippen molar-refractivity contribution in [1.29, 1.82) is 0 Å². The lowest BCUT2D eigenvalue weighted by Crippen LogP contribution is -2.30. The molecule has 1 aliphatic carbocycles. The zero-order valence-electron chi connectivity index (χ0n) is 34.0. The summed E-state index contributed by atoms with van der Waals surface area (Å²) in [6.07, 6.45) is 2.34. The van der Waals surface area contributed by atoms with Crippen LogP contribution in [0, 0.1) is 0 Å². The van der Waals surface area contributed by atoms with Crippen molar-refractivity contribution in [2.24, 2.45) is 0 Å². The van der Waals surface area contributed by atoms with E-state index in [1.807, 2.05) is 24.3 Å². The normalized spacial score (nSPS) is 12.8. The van der Waals surface area contributed by atoms with Crippen molar-refractivity contribution in [2.45, 2.75) is 38.4 Å². The van der Waals surface area contributed by atoms with Crippen molar-refractivity contribution in [3.8, 4) is 34.1 Å². The van der Waals surface area contributed by atoms with Crippen molar-refractivity contribution in [3.05, 3.63) is 145 Å². The average Bonchev–Trinajstić information content (AvgIpc) is 3.57. The van der Waals surface area contributed by atoms with Crippen LogP contribution in [0.5, 0.6) is 23.0 Å². The standard InChI is InChI=1S/C31H30O8.C16H16O6/c1-5-29(32)37-18-24(38-30(33)6-2)17-36-21-9-7-20(8-10-21)31(34)39-23-12-14-26-25-13-11-22(35-4)15-27(25)19(3)28(26)16-23;1-3-15(18)21-11-14(22-16(19)4-2)10-20-13-7-5-12(9-17)6-8-13/h5,7-16,19,24H,1,6,17-18H2,2-4H3;3-9,14H,1-2,10-11H2. The first-order chi connectivity index (χ1) is 29.4. The van der Waals surface area contributed by atoms with Crippen LogP contribution in [0.2, 0.25) is 0 Å². The van der Waals surface area contributed by atoms with Crippen LogP contribution in [0.4, 0.5) is 0 Å². The molecule has 0 radical (unpaired) electrons. The number of methoxy groups -OCH3 is 1. The maximum Gasteiger partial charge on any atom is 0.343 e. The average molecular weight is 835 g/mol. The number of esters is 5. The molecule has 0 bridgehead atoms. The topological polar surface area (TPSA) is 176 Å². The Hall–Kier alpha value is -7.48. The second-order valence-corrected chi connectivity index (χ2v) is 13.0. The minimum Gasteiger partial charge on any atom is -0.497 e. The van der Waals surface area contributed by atoms with E-state index < -0.39 is 42.1 Å². The van der Waals surface area contributed by atoms with Crippen LogP contribution in [0.25, 0.3) is 11.1 Å². The Morgan fingerprint density at radius 3 is 1.59 bits per heavy atom. The molecule has 0 N–H and O–H groups in total. The second-order valence-electron chi connectivity index (χ2n) is 13.0. The van der Waals surface area contributed by atoms with Gasteiger partial charge in [-0.3, -0.25) is 9.59 Å². The predicted molar refractivity (Wildman–Crippen MR) is 223 cm³/mol. The van der Waals surface area contributed by atoms with Gasteiger partial charge in [0, 0.05) is 36.1 Å². The van der Waals surface area contributed by atoms with Crippen LogP contribution >= 0.6 is 0 Å². The fraction of sp³-hybridized carbons (Fsp3) is 0.234. The number of fused-ring (bicyclic) bond motifs is 3. The highest BCUT2D eigenvalue weighted by atomic mass is 16.6. The SMILES string of the molecule is C=CC(=O)OCC(COc1ccc(C(=O)Oc2ccc3c(c2)C(C)c2cc(OC)ccc2-3)cc1)OC(=O)CC.C=CC(=O)OCC(COc1ccc(C=O)cc1)OC(=O)C=C. The van der Waals surface area contributed by atoms with Crippen molar-refractivity contribution < 1.29 is 66.7 Å². The first kappa shape index (κ1) is 46.2. The third kappa shape index (κ3) is 13.8. The van der Waals surface area contributed by atoms with Crippen molar-refractivity contribution >= 4 is 36.1 Å². The number of rotatable bonds is 20. The third-order valence-corrected chi connectivity index (χ3v) is 8.89. The summed E-state index contributed by atoms with van der Waals surface area (Å²) < 4.78 is 42.2. The number of hydrogen-bond donors (Lipinski definition) is 0. The summed E-state index contributed by atoms with van der Waals surface area (Å²) >= 11 is 0. The Morgan fingerprint density at radius 1 is 0.623 bits per heavy atom. The summed E-state index contributed by atoms with van der Waals surface area (Å²) in [5.74, 6) is -0.521. The Morgan fingerprint density at radius 2 is 1.10 bits per heavy atom. The zero-order chi connectivity index (χ0) is 44.3. The van der Waals surface area contributed by atoms with Gasteiger partial charge in [0.15, 0.2) is 12.2 Å². The van der Waals surface area contributed by atoms with Gasteiger partial charge in [-0.2, -0.15) is 0 Å². The van der Waals surface area contributed by atoms with E-state index in [9.17, 15) is 28.8 Å². The first-order valence-electron chi connectivity index (χ1n) is 19.0. The Balaban J connectivity index is 0.000000317. The lowest BCUT2D eigenvalue weighted by atomic mass is 9.99. The van der Waals surface area contributed by atoms with Crippen LogP contribution < -0.4 is 18.9 Å². The van der Waals surface area contributed by atoms with Crippen LogP contribution in [0.15, 0.2) is 123 Å². The maximum atomic E-state index is 12.8. The molecule has 5 rings (SSSR count). The summed E-state index contributed by atoms with van der Waals surface area (Å²) in [5, 5.41) is 0. The molecule has 0 fully saturated rings. The van der Waals surface area contributed by atoms with E-state index in [1.54, 1.807) is 68.6 Å². The van der Waals surface area contributed by atoms with Gasteiger partial charge in [0.05, 0.1) is 12.7 Å². The highest BCUT2D eigenvalue weighted by Gasteiger charge is 2.27. The van der Waals surface area contributed by atoms with E-state index in [2.05, 4.69) is 32.7 Å². The van der Waals surface area contributed by atoms with E-state index in [0.717, 1.165) is 40.7 Å². The number of aldehydes is 1. The molecule has 3 unspecified atom stereocenters. The highest BCUT2D eigenvalue weighted by Crippen LogP contribution is 2.47. The predicted octanol–water partition coefficient (Wildman–Crippen LogP) is 7.18. The van der Waals surface area contributed by atoms with Gasteiger partial charge in [-0.05, 0) is 95.1 Å². The highest BCUT2D eigenvalue weighted by molar-refractivity contribution is 5.91. The fourth-order valence-corrected chi connectivity index (χ4v) is 5.70. The first-order valence-corrected chi connectivity index (χ1v) is 19.0. The third-order valence-electron chi connectivity index (χ3n) is 8.89. The summed E-state index contributed by atoms with van der Waals surface area (Å²) in [6, 6.07) is 24.5. The van der Waals surface area contributed by atoms with E-state index >= 15 is 0 Å². The fourth-order valence-electron chi connectivity index (χ4n) is 5.70. The molecule has 0 spiro atoms. The molecular formula is C47H46O14. The molecule has 0 amide bonds. The molecule has 1 aliphatic rings. The van der Waals surface area contributed by atoms with Gasteiger partial charge in [-0.25, -0.2) is 19.2 Å². The van der Waals surface area contributed by atoms with Crippen molar-refractivity contribution in [1.82, 2.24) is 0 Å². The molecule has 318 valence electrons. The number of ether oxygens (including phenoxy) is 8.